The molecular weight excluding hydrogens is 408 g/mol. The van der Waals surface area contributed by atoms with Crippen molar-refractivity contribution < 1.29 is 0 Å². The van der Waals surface area contributed by atoms with Crippen LogP contribution in [-0.2, 0) is 7.05 Å². The Bertz CT molecular complexity index is 959. The summed E-state index contributed by atoms with van der Waals surface area (Å²) in [6.07, 6.45) is 9.10. The Labute approximate surface area is 198 Å². The molecule has 0 N–H and O–H groups in total. The van der Waals surface area contributed by atoms with E-state index in [-0.39, 0.29) is 0 Å². The molecule has 6 heteroatoms. The van der Waals surface area contributed by atoms with Crippen LogP contribution < -0.4 is 4.90 Å². The van der Waals surface area contributed by atoms with E-state index in [1.54, 1.807) is 0 Å². The van der Waals surface area contributed by atoms with Gasteiger partial charge in [-0.25, -0.2) is 0 Å². The van der Waals surface area contributed by atoms with Crippen molar-refractivity contribution in [2.24, 2.45) is 42.6 Å². The lowest BCUT2D eigenvalue weighted by molar-refractivity contribution is 0.0277. The Hall–Kier alpha value is -1.95. The molecule has 2 aliphatic heterocycles. The summed E-state index contributed by atoms with van der Waals surface area (Å²) >= 11 is 0. The predicted molar refractivity (Wildman–Crippen MR) is 132 cm³/mol. The van der Waals surface area contributed by atoms with Gasteiger partial charge in [-0.05, 0) is 92.2 Å². The number of hydrogen-bond donors (Lipinski definition) is 0. The minimum Gasteiger partial charge on any atom is -0.351 e. The fourth-order valence-electron chi connectivity index (χ4n) is 8.14. The van der Waals surface area contributed by atoms with E-state index < -0.39 is 0 Å². The van der Waals surface area contributed by atoms with E-state index in [2.05, 4.69) is 58.0 Å². The molecule has 0 amide bonds. The third-order valence-corrected chi connectivity index (χ3v) is 9.52. The smallest absolute Gasteiger partial charge is 0.151 e. The van der Waals surface area contributed by atoms with Gasteiger partial charge in [0.2, 0.25) is 0 Å². The lowest BCUT2D eigenvalue weighted by atomic mass is 9.60. The molecule has 2 aromatic heterocycles. The third-order valence-electron chi connectivity index (χ3n) is 9.52. The van der Waals surface area contributed by atoms with E-state index in [1.165, 1.54) is 51.7 Å². The molecule has 4 fully saturated rings. The highest BCUT2D eigenvalue weighted by molar-refractivity contribution is 5.59. The van der Waals surface area contributed by atoms with Crippen molar-refractivity contribution in [3.05, 3.63) is 23.9 Å². The van der Waals surface area contributed by atoms with E-state index in [4.69, 9.17) is 0 Å². The zero-order valence-corrected chi connectivity index (χ0v) is 20.8. The van der Waals surface area contributed by atoms with Gasteiger partial charge in [0.25, 0.3) is 0 Å². The third kappa shape index (κ3) is 3.88. The number of rotatable bonds is 4. The minimum atomic E-state index is 0.598. The largest absolute Gasteiger partial charge is 0.351 e. The van der Waals surface area contributed by atoms with Crippen LogP contribution in [-0.4, -0.2) is 57.1 Å². The van der Waals surface area contributed by atoms with Gasteiger partial charge in [-0.1, -0.05) is 13.8 Å². The van der Waals surface area contributed by atoms with Crippen LogP contribution in [0.1, 0.15) is 51.5 Å². The lowest BCUT2D eigenvalue weighted by Crippen LogP contribution is -2.43. The molecule has 7 atom stereocenters. The molecule has 0 aromatic carbocycles. The van der Waals surface area contributed by atoms with E-state index in [0.717, 1.165) is 64.8 Å². The monoisotopic (exact) mass is 448 g/mol. The number of hydrogen-bond acceptors (Lipinski definition) is 5. The first-order valence-electron chi connectivity index (χ1n) is 13.3. The molecule has 7 unspecified atom stereocenters. The molecule has 2 bridgehead atoms. The first kappa shape index (κ1) is 21.6. The summed E-state index contributed by atoms with van der Waals surface area (Å²) < 4.78 is 1.89. The van der Waals surface area contributed by atoms with Crippen LogP contribution in [0.2, 0.25) is 0 Å². The van der Waals surface area contributed by atoms with Gasteiger partial charge in [0.05, 0.1) is 11.9 Å². The van der Waals surface area contributed by atoms with Crippen LogP contribution in [0.15, 0.2) is 18.3 Å². The van der Waals surface area contributed by atoms with Gasteiger partial charge in [-0.15, -0.1) is 10.2 Å². The van der Waals surface area contributed by atoms with Gasteiger partial charge < -0.3 is 9.80 Å². The summed E-state index contributed by atoms with van der Waals surface area (Å²) in [5.41, 5.74) is 3.11. The molecule has 4 aliphatic rings. The first-order chi connectivity index (χ1) is 16.0. The maximum absolute atomic E-state index is 4.68. The zero-order chi connectivity index (χ0) is 22.7. The second kappa shape index (κ2) is 8.37. The van der Waals surface area contributed by atoms with Gasteiger partial charge in [0.1, 0.15) is 5.69 Å². The standard InChI is InChI=1S/C27H40N6/c1-17-9-20-11-18(2)23(22(10-17)12-20)15-32-14-21-7-8-33(25(21)16-32)26-6-5-24(29-30-26)27-19(3)13-28-31(27)4/h5-6,13,17-18,20-23,25H,7-12,14-16H2,1-4H3. The van der Waals surface area contributed by atoms with Gasteiger partial charge >= 0.3 is 0 Å². The van der Waals surface area contributed by atoms with Crippen LogP contribution in [0.5, 0.6) is 0 Å². The maximum atomic E-state index is 4.68. The van der Waals surface area contributed by atoms with Crippen molar-refractivity contribution in [2.75, 3.05) is 31.1 Å². The number of anilines is 1. The molecule has 6 rings (SSSR count). The molecule has 0 spiro atoms. The van der Waals surface area contributed by atoms with Crippen molar-refractivity contribution in [3.63, 3.8) is 0 Å². The van der Waals surface area contributed by atoms with Crippen LogP contribution in [0.4, 0.5) is 5.82 Å². The number of aromatic nitrogens is 4. The first-order valence-corrected chi connectivity index (χ1v) is 13.3. The van der Waals surface area contributed by atoms with Crippen LogP contribution in [0.3, 0.4) is 0 Å². The normalized spacial score (nSPS) is 36.4. The van der Waals surface area contributed by atoms with Crippen molar-refractivity contribution in [3.8, 4) is 11.4 Å². The fourth-order valence-corrected chi connectivity index (χ4v) is 8.14. The van der Waals surface area contributed by atoms with E-state index in [9.17, 15) is 0 Å². The van der Waals surface area contributed by atoms with E-state index in [0.29, 0.717) is 6.04 Å². The van der Waals surface area contributed by atoms with Crippen molar-refractivity contribution >= 4 is 5.82 Å². The Morgan fingerprint density at radius 2 is 1.88 bits per heavy atom. The van der Waals surface area contributed by atoms with Crippen LogP contribution in [0.25, 0.3) is 11.4 Å². The number of nitrogens with zero attached hydrogens (tertiary/aromatic N) is 6. The van der Waals surface area contributed by atoms with E-state index in [1.807, 2.05) is 17.9 Å². The Kier molecular flexibility index (Phi) is 5.47. The lowest BCUT2D eigenvalue weighted by Gasteiger charge is -2.47. The molecule has 0 radical (unpaired) electrons. The highest BCUT2D eigenvalue weighted by Crippen LogP contribution is 2.48. The summed E-state index contributed by atoms with van der Waals surface area (Å²) in [6, 6.07) is 4.89. The summed E-state index contributed by atoms with van der Waals surface area (Å²) in [5, 5.41) is 13.6. The Morgan fingerprint density at radius 1 is 1.00 bits per heavy atom. The Balaban J connectivity index is 1.13. The quantitative estimate of drug-likeness (QED) is 0.694. The minimum absolute atomic E-state index is 0.598. The van der Waals surface area contributed by atoms with Gasteiger partial charge in [0.15, 0.2) is 5.82 Å². The molecule has 2 saturated carbocycles. The molecular formula is C27H40N6. The van der Waals surface area contributed by atoms with Crippen LogP contribution >= 0.6 is 0 Å². The van der Waals surface area contributed by atoms with Crippen molar-refractivity contribution in [1.82, 2.24) is 24.9 Å². The molecule has 2 aromatic rings. The van der Waals surface area contributed by atoms with Gasteiger partial charge in [-0.2, -0.15) is 5.10 Å². The number of fused-ring (bicyclic) bond motifs is 3. The SMILES string of the molecule is Cc1cnn(C)c1-c1ccc(N2CCC3CN(CC4C(C)CC5CC(C)CC4C5)CC32)nn1. The van der Waals surface area contributed by atoms with Crippen molar-refractivity contribution in [2.45, 2.75) is 58.9 Å². The molecule has 2 saturated heterocycles. The fraction of sp³-hybridized carbons (Fsp3) is 0.741. The molecule has 178 valence electrons. The number of likely N-dealkylation sites (tertiary alicyclic amines) is 1. The highest BCUT2D eigenvalue weighted by atomic mass is 15.3. The Morgan fingerprint density at radius 3 is 2.64 bits per heavy atom. The van der Waals surface area contributed by atoms with Gasteiger partial charge in [0, 0.05) is 39.3 Å². The van der Waals surface area contributed by atoms with E-state index >= 15 is 0 Å². The van der Waals surface area contributed by atoms with Crippen LogP contribution in [0, 0.1) is 42.4 Å². The molecule has 6 nitrogen and oxygen atoms in total. The van der Waals surface area contributed by atoms with Gasteiger partial charge in [-0.3, -0.25) is 4.68 Å². The average molecular weight is 449 g/mol. The maximum Gasteiger partial charge on any atom is 0.151 e. The highest BCUT2D eigenvalue weighted by Gasteiger charge is 2.45. The second-order valence-electron chi connectivity index (χ2n) is 11.9. The predicted octanol–water partition coefficient (Wildman–Crippen LogP) is 4.40. The summed E-state index contributed by atoms with van der Waals surface area (Å²) in [5.74, 6) is 6.53. The number of aryl methyl sites for hydroxylation is 2. The average Bonchev–Trinajstić information content (AvgIpc) is 3.45. The summed E-state index contributed by atoms with van der Waals surface area (Å²) in [6.45, 7) is 12.0. The topological polar surface area (TPSA) is 50.1 Å². The summed E-state index contributed by atoms with van der Waals surface area (Å²) in [7, 11) is 1.97. The summed E-state index contributed by atoms with van der Waals surface area (Å²) in [4.78, 5) is 5.35. The molecule has 4 heterocycles. The molecule has 33 heavy (non-hydrogen) atoms. The second-order valence-corrected chi connectivity index (χ2v) is 11.9. The molecule has 2 aliphatic carbocycles. The zero-order valence-electron chi connectivity index (χ0n) is 20.8. The van der Waals surface area contributed by atoms with Crippen molar-refractivity contribution in [1.29, 1.82) is 0 Å².